The topological polar surface area (TPSA) is 50.7 Å². The van der Waals surface area contributed by atoms with Crippen LogP contribution in [-0.4, -0.2) is 44.0 Å². The minimum absolute atomic E-state index is 0.143. The molecule has 0 spiro atoms. The van der Waals surface area contributed by atoms with Crippen LogP contribution in [0.2, 0.25) is 0 Å². The maximum absolute atomic E-state index is 9.96. The Kier molecular flexibility index (Phi) is 2.51. The lowest BCUT2D eigenvalue weighted by Crippen LogP contribution is -2.35. The average Bonchev–Trinajstić information content (AvgIpc) is 2.55. The summed E-state index contributed by atoms with van der Waals surface area (Å²) in [7, 11) is -3.15. The van der Waals surface area contributed by atoms with Crippen molar-refractivity contribution in [1.29, 1.82) is 0 Å². The summed E-state index contributed by atoms with van der Waals surface area (Å²) in [6.45, 7) is -9.51. The Morgan fingerprint density at radius 1 is 1.37 bits per heavy atom. The summed E-state index contributed by atoms with van der Waals surface area (Å²) in [5.41, 5.74) is -0.223. The maximum atomic E-state index is 9.96. The zero-order valence-corrected chi connectivity index (χ0v) is 10.1. The first-order valence-corrected chi connectivity index (χ1v) is 5.52. The predicted octanol–water partition coefficient (Wildman–Crippen LogP) is 1.61. The van der Waals surface area contributed by atoms with E-state index in [9.17, 15) is 5.11 Å². The third kappa shape index (κ3) is 7.15. The van der Waals surface area contributed by atoms with Crippen LogP contribution < -0.4 is 10.1 Å². The summed E-state index contributed by atoms with van der Waals surface area (Å²) >= 11 is 0. The van der Waals surface area contributed by atoms with Gasteiger partial charge < -0.3 is 19.9 Å². The maximum Gasteiger partial charge on any atom is 0.119 e. The number of methoxy groups -OCH3 is 1. The highest BCUT2D eigenvalue weighted by Crippen LogP contribution is 2.12. The minimum atomic E-state index is -3.16. The molecule has 0 aliphatic rings. The van der Waals surface area contributed by atoms with Crippen molar-refractivity contribution in [1.82, 2.24) is 5.32 Å². The van der Waals surface area contributed by atoms with Crippen molar-refractivity contribution in [2.45, 2.75) is 32.2 Å². The fraction of sp³-hybridized carbons (Fsp3) is 0.600. The number of benzene rings is 1. The first-order valence-electron chi connectivity index (χ1n) is 12.0. The Morgan fingerprint density at radius 2 is 2.16 bits per heavy atom. The van der Waals surface area contributed by atoms with E-state index in [0.717, 1.165) is 12.1 Å². The lowest BCUT2D eigenvalue weighted by molar-refractivity contribution is 0.104. The lowest BCUT2D eigenvalue weighted by atomic mass is 10.1. The zero-order chi connectivity index (χ0) is 25.2. The number of hydrogen-bond donors (Lipinski definition) is 2. The summed E-state index contributed by atoms with van der Waals surface area (Å²) in [6, 6.07) is 2.98. The molecule has 108 valence electrons. The molecule has 1 aromatic carbocycles. The molecule has 0 heterocycles. The normalized spacial score (nSPS) is 26.3. The Labute approximate surface area is 134 Å². The van der Waals surface area contributed by atoms with Gasteiger partial charge in [0.1, 0.15) is 18.5 Å². The number of hydrogen-bond acceptors (Lipinski definition) is 4. The molecule has 0 bridgehead atoms. The number of aryl methyl sites for hydroxylation is 1. The Balaban J connectivity index is 2.73. The van der Waals surface area contributed by atoms with E-state index >= 15 is 0 Å². The van der Waals surface area contributed by atoms with E-state index in [2.05, 4.69) is 10.1 Å². The van der Waals surface area contributed by atoms with Crippen LogP contribution in [0.3, 0.4) is 0 Å². The van der Waals surface area contributed by atoms with Gasteiger partial charge in [0.15, 0.2) is 0 Å². The predicted molar refractivity (Wildman–Crippen MR) is 76.7 cm³/mol. The van der Waals surface area contributed by atoms with Crippen LogP contribution in [0.15, 0.2) is 24.3 Å². The van der Waals surface area contributed by atoms with E-state index in [1.165, 1.54) is 12.1 Å². The summed E-state index contributed by atoms with van der Waals surface area (Å²) in [4.78, 5) is 0. The molecule has 0 saturated carbocycles. The summed E-state index contributed by atoms with van der Waals surface area (Å²) in [6.07, 6.45) is -4.08. The largest absolute Gasteiger partial charge is 0.491 e. The Bertz CT molecular complexity index is 714. The van der Waals surface area contributed by atoms with Crippen LogP contribution in [0.4, 0.5) is 0 Å². The van der Waals surface area contributed by atoms with Gasteiger partial charge in [0.05, 0.1) is 13.4 Å². The van der Waals surface area contributed by atoms with Gasteiger partial charge in [0.2, 0.25) is 0 Å². The van der Waals surface area contributed by atoms with Gasteiger partial charge in [-0.05, 0) is 24.1 Å². The summed E-state index contributed by atoms with van der Waals surface area (Å²) in [5.74, 6) is 0.143. The highest BCUT2D eigenvalue weighted by Gasteiger charge is 2.05. The standard InChI is InChI=1S/C15H25NO3/c1-12(2)16-10-14(17)11-19-15-6-4-13(5-7-15)8-9-18-3/h4-7,12,14,16-17H,8-11H2,1-3H3/i1D3,2D3,3D3,8D2,9D2. The molecule has 2 N–H and O–H groups in total. The fourth-order valence-corrected chi connectivity index (χ4v) is 1.22. The number of ether oxygens (including phenoxy) is 2. The van der Waals surface area contributed by atoms with E-state index in [1.54, 1.807) is 0 Å². The molecule has 1 rings (SSSR count). The van der Waals surface area contributed by atoms with Gasteiger partial charge in [-0.1, -0.05) is 25.8 Å². The SMILES string of the molecule is [2H]C([2H])([2H])OC([2H])([2H])C([2H])([2H])c1ccc(OCC(O)CNC(C([2H])([2H])[2H])C([2H])([2H])[2H])cc1. The van der Waals surface area contributed by atoms with Crippen LogP contribution >= 0.6 is 0 Å². The molecule has 0 aliphatic heterocycles. The third-order valence-electron chi connectivity index (χ3n) is 2.10. The van der Waals surface area contributed by atoms with Gasteiger partial charge >= 0.3 is 0 Å². The van der Waals surface area contributed by atoms with Gasteiger partial charge in [-0.15, -0.1) is 0 Å². The quantitative estimate of drug-likeness (QED) is 0.721. The summed E-state index contributed by atoms with van der Waals surface area (Å²) in [5, 5.41) is 12.2. The van der Waals surface area contributed by atoms with Crippen molar-refractivity contribution in [2.24, 2.45) is 0 Å². The Morgan fingerprint density at radius 3 is 2.84 bits per heavy atom. The van der Waals surface area contributed by atoms with Crippen molar-refractivity contribution in [2.75, 3.05) is 26.7 Å². The third-order valence-corrected chi connectivity index (χ3v) is 2.10. The molecule has 4 nitrogen and oxygen atoms in total. The van der Waals surface area contributed by atoms with Crippen LogP contribution in [0.1, 0.15) is 37.1 Å². The molecule has 0 fully saturated rings. The molecule has 0 amide bonds. The van der Waals surface area contributed by atoms with Gasteiger partial charge in [0, 0.05) is 30.6 Å². The minimum Gasteiger partial charge on any atom is -0.491 e. The van der Waals surface area contributed by atoms with Gasteiger partial charge in [-0.25, -0.2) is 0 Å². The number of nitrogens with one attached hydrogen (secondary N) is 1. The van der Waals surface area contributed by atoms with Gasteiger partial charge in [-0.3, -0.25) is 0 Å². The first kappa shape index (κ1) is 5.35. The van der Waals surface area contributed by atoms with Crippen molar-refractivity contribution in [3.63, 3.8) is 0 Å². The molecule has 4 heteroatoms. The number of rotatable bonds is 9. The molecule has 1 atom stereocenters. The van der Waals surface area contributed by atoms with Crippen molar-refractivity contribution in [3.05, 3.63) is 29.8 Å². The molecule has 1 aromatic rings. The van der Waals surface area contributed by atoms with E-state index < -0.39 is 45.8 Å². The molecular formula is C15H25NO3. The summed E-state index contributed by atoms with van der Waals surface area (Å²) < 4.78 is 105. The average molecular weight is 280 g/mol. The molecule has 19 heavy (non-hydrogen) atoms. The van der Waals surface area contributed by atoms with Crippen molar-refractivity contribution >= 4 is 0 Å². The Hall–Kier alpha value is -1.10. The highest BCUT2D eigenvalue weighted by atomic mass is 16.5. The highest BCUT2D eigenvalue weighted by molar-refractivity contribution is 5.27. The van der Waals surface area contributed by atoms with E-state index in [0.29, 0.717) is 0 Å². The second kappa shape index (κ2) is 8.91. The second-order valence-electron chi connectivity index (χ2n) is 3.66. The van der Waals surface area contributed by atoms with E-state index in [4.69, 9.17) is 22.6 Å². The molecule has 0 aromatic heterocycles. The van der Waals surface area contributed by atoms with E-state index in [1.807, 2.05) is 0 Å². The molecule has 0 aliphatic carbocycles. The zero-order valence-electron chi connectivity index (χ0n) is 23.1. The van der Waals surface area contributed by atoms with Crippen molar-refractivity contribution < 1.29 is 32.4 Å². The molecule has 1 unspecified atom stereocenters. The first-order chi connectivity index (χ1) is 14.2. The number of aliphatic hydroxyl groups excluding tert-OH is 1. The second-order valence-corrected chi connectivity index (χ2v) is 3.66. The fourth-order valence-electron chi connectivity index (χ4n) is 1.22. The van der Waals surface area contributed by atoms with Gasteiger partial charge in [-0.2, -0.15) is 0 Å². The van der Waals surface area contributed by atoms with Crippen LogP contribution in [0.25, 0.3) is 0 Å². The number of aliphatic hydroxyl groups is 1. The smallest absolute Gasteiger partial charge is 0.119 e. The monoisotopic (exact) mass is 280 g/mol. The molecule has 0 radical (unpaired) electrons. The molecular weight excluding hydrogens is 242 g/mol. The van der Waals surface area contributed by atoms with Crippen LogP contribution in [-0.2, 0) is 11.1 Å². The van der Waals surface area contributed by atoms with Crippen LogP contribution in [0.5, 0.6) is 5.75 Å². The lowest BCUT2D eigenvalue weighted by Gasteiger charge is -2.15. The van der Waals surface area contributed by atoms with Crippen LogP contribution in [0, 0.1) is 0 Å². The van der Waals surface area contributed by atoms with Crippen molar-refractivity contribution in [3.8, 4) is 5.75 Å². The van der Waals surface area contributed by atoms with Gasteiger partial charge in [0.25, 0.3) is 0 Å². The molecule has 0 saturated heterocycles. The van der Waals surface area contributed by atoms with E-state index in [-0.39, 0.29) is 24.5 Å².